The lowest BCUT2D eigenvalue weighted by Crippen LogP contribution is -1.91. The Labute approximate surface area is 149 Å². The van der Waals surface area contributed by atoms with Crippen molar-refractivity contribution in [2.24, 2.45) is 5.10 Å². The van der Waals surface area contributed by atoms with Crippen molar-refractivity contribution in [2.75, 3.05) is 5.43 Å². The van der Waals surface area contributed by atoms with Crippen LogP contribution in [0.5, 0.6) is 11.5 Å². The van der Waals surface area contributed by atoms with Gasteiger partial charge in [-0.1, -0.05) is 44.2 Å². The van der Waals surface area contributed by atoms with E-state index in [4.69, 9.17) is 4.74 Å². The second kappa shape index (κ2) is 8.15. The maximum Gasteiger partial charge on any atom is 0.127 e. The van der Waals surface area contributed by atoms with Crippen LogP contribution >= 0.6 is 0 Å². The summed E-state index contributed by atoms with van der Waals surface area (Å²) in [6.07, 6.45) is 1.79. The summed E-state index contributed by atoms with van der Waals surface area (Å²) in [6.45, 7) is 4.37. The first-order valence-corrected chi connectivity index (χ1v) is 8.43. The monoisotopic (exact) mass is 330 g/mol. The number of para-hydroxylation sites is 1. The van der Waals surface area contributed by atoms with Gasteiger partial charge in [-0.05, 0) is 65.6 Å². The number of hydrogen-bond donors (Lipinski definition) is 1. The molecule has 3 rings (SSSR count). The molecule has 0 heterocycles. The zero-order chi connectivity index (χ0) is 17.5. The minimum absolute atomic E-state index is 0.525. The molecule has 0 aliphatic heterocycles. The van der Waals surface area contributed by atoms with Crippen LogP contribution < -0.4 is 10.2 Å². The second-order valence-corrected chi connectivity index (χ2v) is 6.13. The van der Waals surface area contributed by atoms with Gasteiger partial charge in [0.25, 0.3) is 0 Å². The number of nitrogens with one attached hydrogen (secondary N) is 1. The molecule has 3 nitrogen and oxygen atoms in total. The van der Waals surface area contributed by atoms with E-state index in [2.05, 4.69) is 36.5 Å². The summed E-state index contributed by atoms with van der Waals surface area (Å²) in [6, 6.07) is 25.9. The lowest BCUT2D eigenvalue weighted by molar-refractivity contribution is 0.482. The van der Waals surface area contributed by atoms with Crippen LogP contribution in [-0.2, 0) is 0 Å². The van der Waals surface area contributed by atoms with E-state index in [0.717, 1.165) is 22.7 Å². The maximum absolute atomic E-state index is 5.88. The molecule has 0 unspecified atom stereocenters. The van der Waals surface area contributed by atoms with Crippen molar-refractivity contribution in [2.45, 2.75) is 19.8 Å². The Morgan fingerprint density at radius 1 is 0.800 bits per heavy atom. The molecule has 0 atom stereocenters. The van der Waals surface area contributed by atoms with Gasteiger partial charge in [0.05, 0.1) is 11.9 Å². The Morgan fingerprint density at radius 2 is 1.40 bits per heavy atom. The minimum Gasteiger partial charge on any atom is -0.457 e. The SMILES string of the molecule is CC(C)c1ccc(Oc2ccc(C=NNc3ccccc3)cc2)cc1. The van der Waals surface area contributed by atoms with Gasteiger partial charge in [-0.25, -0.2) is 0 Å². The molecular formula is C22H22N2O. The zero-order valence-corrected chi connectivity index (χ0v) is 14.5. The number of rotatable bonds is 6. The first kappa shape index (κ1) is 16.8. The molecule has 0 bridgehead atoms. The molecule has 0 saturated heterocycles. The van der Waals surface area contributed by atoms with Gasteiger partial charge >= 0.3 is 0 Å². The molecule has 126 valence electrons. The van der Waals surface area contributed by atoms with E-state index in [1.54, 1.807) is 6.21 Å². The van der Waals surface area contributed by atoms with Crippen molar-refractivity contribution in [3.05, 3.63) is 90.0 Å². The number of hydrazone groups is 1. The molecule has 3 heteroatoms. The minimum atomic E-state index is 0.525. The van der Waals surface area contributed by atoms with Gasteiger partial charge in [-0.15, -0.1) is 0 Å². The third-order valence-electron chi connectivity index (χ3n) is 3.84. The normalized spacial score (nSPS) is 11.0. The summed E-state index contributed by atoms with van der Waals surface area (Å²) in [5.74, 6) is 2.18. The van der Waals surface area contributed by atoms with Gasteiger partial charge in [0, 0.05) is 0 Å². The van der Waals surface area contributed by atoms with E-state index < -0.39 is 0 Å². The fraction of sp³-hybridized carbons (Fsp3) is 0.136. The highest BCUT2D eigenvalue weighted by molar-refractivity contribution is 5.80. The Kier molecular flexibility index (Phi) is 5.47. The Bertz CT molecular complexity index is 807. The summed E-state index contributed by atoms with van der Waals surface area (Å²) < 4.78 is 5.88. The summed E-state index contributed by atoms with van der Waals surface area (Å²) in [7, 11) is 0. The van der Waals surface area contributed by atoms with E-state index in [9.17, 15) is 0 Å². The Balaban J connectivity index is 1.58. The predicted molar refractivity (Wildman–Crippen MR) is 105 cm³/mol. The van der Waals surface area contributed by atoms with Crippen LogP contribution in [0, 0.1) is 0 Å². The van der Waals surface area contributed by atoms with Gasteiger partial charge in [-0.3, -0.25) is 5.43 Å². The number of ether oxygens (including phenoxy) is 1. The van der Waals surface area contributed by atoms with Crippen LogP contribution in [0.4, 0.5) is 5.69 Å². The van der Waals surface area contributed by atoms with Gasteiger partial charge < -0.3 is 4.74 Å². The van der Waals surface area contributed by atoms with E-state index in [1.807, 2.05) is 66.7 Å². The third-order valence-corrected chi connectivity index (χ3v) is 3.84. The van der Waals surface area contributed by atoms with Crippen LogP contribution in [0.1, 0.15) is 30.9 Å². The average Bonchev–Trinajstić information content (AvgIpc) is 2.64. The third kappa shape index (κ3) is 4.95. The molecule has 3 aromatic carbocycles. The quantitative estimate of drug-likeness (QED) is 0.441. The molecule has 0 aromatic heterocycles. The molecule has 0 aliphatic carbocycles. The van der Waals surface area contributed by atoms with Crippen LogP contribution in [-0.4, -0.2) is 6.21 Å². The lowest BCUT2D eigenvalue weighted by Gasteiger charge is -2.08. The highest BCUT2D eigenvalue weighted by Gasteiger charge is 2.01. The molecule has 0 spiro atoms. The highest BCUT2D eigenvalue weighted by atomic mass is 16.5. The van der Waals surface area contributed by atoms with Crippen LogP contribution in [0.2, 0.25) is 0 Å². The van der Waals surface area contributed by atoms with E-state index in [1.165, 1.54) is 5.56 Å². The van der Waals surface area contributed by atoms with Gasteiger partial charge in [0.15, 0.2) is 0 Å². The molecule has 0 aliphatic rings. The topological polar surface area (TPSA) is 33.6 Å². The molecule has 25 heavy (non-hydrogen) atoms. The first-order valence-electron chi connectivity index (χ1n) is 8.43. The lowest BCUT2D eigenvalue weighted by atomic mass is 10.0. The molecule has 0 amide bonds. The van der Waals surface area contributed by atoms with Gasteiger partial charge in [-0.2, -0.15) is 5.10 Å². The predicted octanol–water partition coefficient (Wildman–Crippen LogP) is 6.05. The largest absolute Gasteiger partial charge is 0.457 e. The Hall–Kier alpha value is -3.07. The first-order chi connectivity index (χ1) is 12.2. The van der Waals surface area contributed by atoms with E-state index >= 15 is 0 Å². The molecule has 0 radical (unpaired) electrons. The van der Waals surface area contributed by atoms with E-state index in [0.29, 0.717) is 5.92 Å². The number of hydrogen-bond acceptors (Lipinski definition) is 3. The average molecular weight is 330 g/mol. The van der Waals surface area contributed by atoms with Gasteiger partial charge in [0.1, 0.15) is 11.5 Å². The van der Waals surface area contributed by atoms with Crippen LogP contribution in [0.3, 0.4) is 0 Å². The van der Waals surface area contributed by atoms with Crippen molar-refractivity contribution in [1.29, 1.82) is 0 Å². The number of anilines is 1. The summed E-state index contributed by atoms with van der Waals surface area (Å²) in [5, 5.41) is 4.24. The van der Waals surface area contributed by atoms with Crippen LogP contribution in [0.15, 0.2) is 84.0 Å². The molecule has 0 fully saturated rings. The number of nitrogens with zero attached hydrogens (tertiary/aromatic N) is 1. The van der Waals surface area contributed by atoms with E-state index in [-0.39, 0.29) is 0 Å². The molecular weight excluding hydrogens is 308 g/mol. The summed E-state index contributed by atoms with van der Waals surface area (Å²) in [5.41, 5.74) is 6.28. The van der Waals surface area contributed by atoms with Crippen molar-refractivity contribution in [3.8, 4) is 11.5 Å². The molecule has 3 aromatic rings. The highest BCUT2D eigenvalue weighted by Crippen LogP contribution is 2.24. The van der Waals surface area contributed by atoms with Crippen molar-refractivity contribution in [1.82, 2.24) is 0 Å². The second-order valence-electron chi connectivity index (χ2n) is 6.13. The molecule has 1 N–H and O–H groups in total. The maximum atomic E-state index is 5.88. The summed E-state index contributed by atoms with van der Waals surface area (Å²) >= 11 is 0. The van der Waals surface area contributed by atoms with Crippen LogP contribution in [0.25, 0.3) is 0 Å². The molecule has 0 saturated carbocycles. The fourth-order valence-electron chi connectivity index (χ4n) is 2.37. The van der Waals surface area contributed by atoms with Crippen molar-refractivity contribution < 1.29 is 4.74 Å². The standard InChI is InChI=1S/C22H22N2O/c1-17(2)19-10-14-22(15-11-19)25-21-12-8-18(9-13-21)16-23-24-20-6-4-3-5-7-20/h3-17,24H,1-2H3. The zero-order valence-electron chi connectivity index (χ0n) is 14.5. The smallest absolute Gasteiger partial charge is 0.127 e. The Morgan fingerprint density at radius 3 is 2.00 bits per heavy atom. The summed E-state index contributed by atoms with van der Waals surface area (Å²) in [4.78, 5) is 0. The van der Waals surface area contributed by atoms with Crippen molar-refractivity contribution in [3.63, 3.8) is 0 Å². The van der Waals surface area contributed by atoms with Gasteiger partial charge in [0.2, 0.25) is 0 Å². The fourth-order valence-corrected chi connectivity index (χ4v) is 2.37. The van der Waals surface area contributed by atoms with Crippen molar-refractivity contribution >= 4 is 11.9 Å². The number of benzene rings is 3.